The van der Waals surface area contributed by atoms with Gasteiger partial charge in [-0.25, -0.2) is 0 Å². The van der Waals surface area contributed by atoms with Crippen molar-refractivity contribution in [2.45, 2.75) is 50.3 Å². The SMILES string of the molecule is O=C([C@H]1C[C@H](Oc2ccsc2)CN1)N1CCCN(C2CCC2)CC1. The summed E-state index contributed by atoms with van der Waals surface area (Å²) in [6.07, 6.45) is 6.05. The number of carbonyl (C=O) groups is 1. The molecule has 1 aromatic heterocycles. The molecule has 0 radical (unpaired) electrons. The van der Waals surface area contributed by atoms with Crippen molar-refractivity contribution in [1.29, 1.82) is 0 Å². The standard InChI is InChI=1S/C18H27N3O2S/c22-18(17-11-16(12-19-17)23-15-5-10-24-13-15)21-7-2-6-20(8-9-21)14-3-1-4-14/h5,10,13-14,16-17,19H,1-4,6-9,11-12H2/t16-,17+/m0/s1. The molecule has 0 bridgehead atoms. The van der Waals surface area contributed by atoms with Gasteiger partial charge in [0.15, 0.2) is 0 Å². The molecule has 24 heavy (non-hydrogen) atoms. The van der Waals surface area contributed by atoms with Crippen LogP contribution in [-0.4, -0.2) is 66.6 Å². The van der Waals surface area contributed by atoms with Crippen molar-refractivity contribution in [3.63, 3.8) is 0 Å². The number of ether oxygens (including phenoxy) is 1. The monoisotopic (exact) mass is 349 g/mol. The zero-order valence-electron chi connectivity index (χ0n) is 14.2. The van der Waals surface area contributed by atoms with Gasteiger partial charge in [0, 0.05) is 50.6 Å². The van der Waals surface area contributed by atoms with E-state index in [1.54, 1.807) is 11.3 Å². The third kappa shape index (κ3) is 3.60. The third-order valence-electron chi connectivity index (χ3n) is 5.62. The van der Waals surface area contributed by atoms with E-state index in [1.807, 2.05) is 16.8 Å². The van der Waals surface area contributed by atoms with Gasteiger partial charge >= 0.3 is 0 Å². The fraction of sp³-hybridized carbons (Fsp3) is 0.722. The van der Waals surface area contributed by atoms with Gasteiger partial charge in [0.25, 0.3) is 0 Å². The average molecular weight is 350 g/mol. The molecule has 5 nitrogen and oxygen atoms in total. The minimum atomic E-state index is -0.0797. The zero-order valence-corrected chi connectivity index (χ0v) is 15.0. The lowest BCUT2D eigenvalue weighted by molar-refractivity contribution is -0.133. The highest BCUT2D eigenvalue weighted by Gasteiger charge is 2.35. The topological polar surface area (TPSA) is 44.8 Å². The van der Waals surface area contributed by atoms with Gasteiger partial charge in [0.05, 0.1) is 6.04 Å². The van der Waals surface area contributed by atoms with Crippen LogP contribution in [0.3, 0.4) is 0 Å². The Hall–Kier alpha value is -1.11. The van der Waals surface area contributed by atoms with Crippen LogP contribution in [0.2, 0.25) is 0 Å². The second-order valence-electron chi connectivity index (χ2n) is 7.19. The van der Waals surface area contributed by atoms with Crippen LogP contribution in [0.15, 0.2) is 16.8 Å². The van der Waals surface area contributed by atoms with Crippen molar-refractivity contribution in [3.8, 4) is 5.75 Å². The lowest BCUT2D eigenvalue weighted by Gasteiger charge is -2.36. The Morgan fingerprint density at radius 2 is 2.12 bits per heavy atom. The van der Waals surface area contributed by atoms with Gasteiger partial charge in [-0.2, -0.15) is 0 Å². The smallest absolute Gasteiger partial charge is 0.239 e. The number of amides is 1. The van der Waals surface area contributed by atoms with Crippen molar-refractivity contribution < 1.29 is 9.53 Å². The highest BCUT2D eigenvalue weighted by atomic mass is 32.1. The first-order valence-corrected chi connectivity index (χ1v) is 10.2. The highest BCUT2D eigenvalue weighted by molar-refractivity contribution is 7.08. The van der Waals surface area contributed by atoms with Crippen LogP contribution in [0.25, 0.3) is 0 Å². The molecular weight excluding hydrogens is 322 g/mol. The zero-order chi connectivity index (χ0) is 16.4. The van der Waals surface area contributed by atoms with E-state index in [0.29, 0.717) is 0 Å². The molecule has 1 N–H and O–H groups in total. The molecule has 2 atom stereocenters. The second-order valence-corrected chi connectivity index (χ2v) is 7.98. The molecule has 2 saturated heterocycles. The van der Waals surface area contributed by atoms with E-state index in [-0.39, 0.29) is 18.1 Å². The van der Waals surface area contributed by atoms with Gasteiger partial charge in [-0.3, -0.25) is 9.69 Å². The number of hydrogen-bond donors (Lipinski definition) is 1. The predicted octanol–water partition coefficient (Wildman–Crippen LogP) is 1.94. The molecule has 2 aliphatic heterocycles. The maximum Gasteiger partial charge on any atom is 0.239 e. The molecule has 1 amide bonds. The van der Waals surface area contributed by atoms with Crippen LogP contribution in [0.5, 0.6) is 5.75 Å². The Balaban J connectivity index is 1.27. The molecule has 3 heterocycles. The van der Waals surface area contributed by atoms with Gasteiger partial charge in [-0.05, 0) is 30.7 Å². The summed E-state index contributed by atoms with van der Waals surface area (Å²) in [7, 11) is 0. The van der Waals surface area contributed by atoms with E-state index < -0.39 is 0 Å². The maximum atomic E-state index is 12.9. The van der Waals surface area contributed by atoms with E-state index in [4.69, 9.17) is 4.74 Å². The second kappa shape index (κ2) is 7.42. The molecule has 4 rings (SSSR count). The molecule has 1 saturated carbocycles. The maximum absolute atomic E-state index is 12.9. The summed E-state index contributed by atoms with van der Waals surface area (Å²) in [5.41, 5.74) is 0. The normalized spacial score (nSPS) is 29.2. The minimum absolute atomic E-state index is 0.0797. The van der Waals surface area contributed by atoms with Crippen LogP contribution in [0.4, 0.5) is 0 Å². The van der Waals surface area contributed by atoms with Gasteiger partial charge in [-0.1, -0.05) is 6.42 Å². The summed E-state index contributed by atoms with van der Waals surface area (Å²) in [4.78, 5) is 17.5. The summed E-state index contributed by atoms with van der Waals surface area (Å²) in [5.74, 6) is 1.19. The summed E-state index contributed by atoms with van der Waals surface area (Å²) >= 11 is 1.64. The number of hydrogen-bond acceptors (Lipinski definition) is 5. The van der Waals surface area contributed by atoms with Gasteiger partial charge in [-0.15, -0.1) is 11.3 Å². The van der Waals surface area contributed by atoms with Crippen molar-refractivity contribution in [2.24, 2.45) is 0 Å². The van der Waals surface area contributed by atoms with Crippen LogP contribution in [-0.2, 0) is 4.79 Å². The van der Waals surface area contributed by atoms with E-state index >= 15 is 0 Å². The fourth-order valence-corrected chi connectivity index (χ4v) is 4.55. The molecule has 0 aromatic carbocycles. The number of carbonyl (C=O) groups excluding carboxylic acids is 1. The fourth-order valence-electron chi connectivity index (χ4n) is 3.99. The lowest BCUT2D eigenvalue weighted by Crippen LogP contribution is -2.46. The minimum Gasteiger partial charge on any atom is -0.488 e. The molecule has 3 aliphatic rings. The molecule has 6 heteroatoms. The quantitative estimate of drug-likeness (QED) is 0.902. The molecular formula is C18H27N3O2S. The first-order chi connectivity index (χ1) is 11.8. The van der Waals surface area contributed by atoms with Crippen molar-refractivity contribution >= 4 is 17.2 Å². The highest BCUT2D eigenvalue weighted by Crippen LogP contribution is 2.26. The molecule has 0 unspecified atom stereocenters. The van der Waals surface area contributed by atoms with Crippen LogP contribution < -0.4 is 10.1 Å². The summed E-state index contributed by atoms with van der Waals surface area (Å²) in [5, 5.41) is 7.40. The molecule has 3 fully saturated rings. The number of rotatable bonds is 4. The summed E-state index contributed by atoms with van der Waals surface area (Å²) in [6, 6.07) is 2.70. The van der Waals surface area contributed by atoms with Crippen LogP contribution >= 0.6 is 11.3 Å². The van der Waals surface area contributed by atoms with Crippen molar-refractivity contribution in [2.75, 3.05) is 32.7 Å². The summed E-state index contributed by atoms with van der Waals surface area (Å²) in [6.45, 7) is 4.72. The molecule has 1 aliphatic carbocycles. The van der Waals surface area contributed by atoms with Gasteiger partial charge in [0.2, 0.25) is 5.91 Å². The Morgan fingerprint density at radius 3 is 2.88 bits per heavy atom. The number of nitrogens with one attached hydrogen (secondary N) is 1. The number of nitrogens with zero attached hydrogens (tertiary/aromatic N) is 2. The predicted molar refractivity (Wildman–Crippen MR) is 95.6 cm³/mol. The molecule has 0 spiro atoms. The van der Waals surface area contributed by atoms with E-state index in [2.05, 4.69) is 15.1 Å². The third-order valence-corrected chi connectivity index (χ3v) is 6.28. The van der Waals surface area contributed by atoms with E-state index in [9.17, 15) is 4.79 Å². The Kier molecular flexibility index (Phi) is 5.06. The van der Waals surface area contributed by atoms with Gasteiger partial charge in [0.1, 0.15) is 11.9 Å². The van der Waals surface area contributed by atoms with Crippen molar-refractivity contribution in [3.05, 3.63) is 16.8 Å². The van der Waals surface area contributed by atoms with Crippen molar-refractivity contribution in [1.82, 2.24) is 15.1 Å². The van der Waals surface area contributed by atoms with Crippen LogP contribution in [0.1, 0.15) is 32.1 Å². The molecule has 1 aromatic rings. The molecule has 132 valence electrons. The Bertz CT molecular complexity index is 546. The van der Waals surface area contributed by atoms with Crippen LogP contribution in [0, 0.1) is 0 Å². The summed E-state index contributed by atoms with van der Waals surface area (Å²) < 4.78 is 5.95. The largest absolute Gasteiger partial charge is 0.488 e. The van der Waals surface area contributed by atoms with E-state index in [1.165, 1.54) is 19.3 Å². The Labute approximate surface area is 148 Å². The van der Waals surface area contributed by atoms with Gasteiger partial charge < -0.3 is 15.0 Å². The first kappa shape index (κ1) is 16.4. The average Bonchev–Trinajstić information content (AvgIpc) is 3.15. The lowest BCUT2D eigenvalue weighted by atomic mass is 9.91. The number of thiophene rings is 1. The van der Waals surface area contributed by atoms with E-state index in [0.717, 1.165) is 57.4 Å². The Morgan fingerprint density at radius 1 is 1.21 bits per heavy atom. The first-order valence-electron chi connectivity index (χ1n) is 9.24.